The van der Waals surface area contributed by atoms with Crippen molar-refractivity contribution in [1.29, 1.82) is 0 Å². The number of hydrogen-bond acceptors (Lipinski definition) is 4. The normalized spacial score (nSPS) is 15.9. The van der Waals surface area contributed by atoms with Crippen LogP contribution in [0.4, 0.5) is 0 Å². The smallest absolute Gasteiger partial charge is 0.246 e. The van der Waals surface area contributed by atoms with Crippen LogP contribution in [0, 0.1) is 13.8 Å². The van der Waals surface area contributed by atoms with Gasteiger partial charge in [-0.2, -0.15) is 0 Å². The van der Waals surface area contributed by atoms with Crippen molar-refractivity contribution in [2.45, 2.75) is 20.4 Å². The molecule has 1 fully saturated rings. The molecule has 0 unspecified atom stereocenters. The standard InChI is InChI=1S/C21H24N4OS/c1-16-14-25-19(17(2)22-21(25)27-16)8-9-20(26)24-12-10-23(11-13-24)15-18-6-4-3-5-7-18/h3-9,14H,10-13,15H2,1-2H3/b9-8+. The van der Waals surface area contributed by atoms with Crippen molar-refractivity contribution in [3.05, 3.63) is 64.4 Å². The number of fused-ring (bicyclic) bond motifs is 1. The van der Waals surface area contributed by atoms with Crippen molar-refractivity contribution in [3.63, 3.8) is 0 Å². The molecule has 0 saturated carbocycles. The van der Waals surface area contributed by atoms with E-state index in [1.165, 1.54) is 10.4 Å². The number of imidazole rings is 1. The summed E-state index contributed by atoms with van der Waals surface area (Å²) in [7, 11) is 0. The molecule has 0 spiro atoms. The number of nitrogens with zero attached hydrogens (tertiary/aromatic N) is 4. The lowest BCUT2D eigenvalue weighted by Gasteiger charge is -2.34. The van der Waals surface area contributed by atoms with Crippen LogP contribution in [0.3, 0.4) is 0 Å². The Morgan fingerprint density at radius 1 is 1.15 bits per heavy atom. The third kappa shape index (κ3) is 3.96. The van der Waals surface area contributed by atoms with Gasteiger partial charge < -0.3 is 4.90 Å². The molecule has 0 radical (unpaired) electrons. The molecule has 3 heterocycles. The number of hydrogen-bond donors (Lipinski definition) is 0. The van der Waals surface area contributed by atoms with Crippen molar-refractivity contribution >= 4 is 28.3 Å². The summed E-state index contributed by atoms with van der Waals surface area (Å²) in [4.78, 5) is 23.7. The second-order valence-electron chi connectivity index (χ2n) is 7.00. The summed E-state index contributed by atoms with van der Waals surface area (Å²) in [6.45, 7) is 8.37. The lowest BCUT2D eigenvalue weighted by atomic mass is 10.2. The van der Waals surface area contributed by atoms with Crippen LogP contribution in [0.2, 0.25) is 0 Å². The van der Waals surface area contributed by atoms with Crippen LogP contribution in [0.25, 0.3) is 11.0 Å². The van der Waals surface area contributed by atoms with Crippen molar-refractivity contribution in [3.8, 4) is 0 Å². The molecule has 0 bridgehead atoms. The first-order valence-corrected chi connectivity index (χ1v) is 10.1. The molecule has 27 heavy (non-hydrogen) atoms. The van der Waals surface area contributed by atoms with Gasteiger partial charge in [0.15, 0.2) is 4.96 Å². The second-order valence-corrected chi connectivity index (χ2v) is 8.21. The topological polar surface area (TPSA) is 40.9 Å². The van der Waals surface area contributed by atoms with Gasteiger partial charge in [0.2, 0.25) is 5.91 Å². The minimum absolute atomic E-state index is 0.0793. The van der Waals surface area contributed by atoms with Crippen LogP contribution >= 0.6 is 11.3 Å². The zero-order chi connectivity index (χ0) is 18.8. The first kappa shape index (κ1) is 17.9. The Labute approximate surface area is 163 Å². The number of aryl methyl sites for hydroxylation is 2. The van der Waals surface area contributed by atoms with Crippen LogP contribution in [-0.2, 0) is 11.3 Å². The van der Waals surface area contributed by atoms with E-state index in [-0.39, 0.29) is 5.91 Å². The molecule has 1 saturated heterocycles. The number of amides is 1. The zero-order valence-corrected chi connectivity index (χ0v) is 16.6. The minimum Gasteiger partial charge on any atom is -0.337 e. The minimum atomic E-state index is 0.0793. The Hall–Kier alpha value is -2.44. The number of carbonyl (C=O) groups is 1. The summed E-state index contributed by atoms with van der Waals surface area (Å²) in [6, 6.07) is 10.5. The highest BCUT2D eigenvalue weighted by atomic mass is 32.1. The maximum Gasteiger partial charge on any atom is 0.246 e. The van der Waals surface area contributed by atoms with Gasteiger partial charge in [0, 0.05) is 49.9 Å². The predicted octanol–water partition coefficient (Wildman–Crippen LogP) is 3.37. The molecule has 140 valence electrons. The molecule has 1 aromatic carbocycles. The molecule has 6 heteroatoms. The van der Waals surface area contributed by atoms with Gasteiger partial charge in [-0.25, -0.2) is 4.98 Å². The molecule has 0 atom stereocenters. The van der Waals surface area contributed by atoms with Gasteiger partial charge in [-0.05, 0) is 25.5 Å². The summed E-state index contributed by atoms with van der Waals surface area (Å²) in [5, 5.41) is 0. The lowest BCUT2D eigenvalue weighted by Crippen LogP contribution is -2.47. The van der Waals surface area contributed by atoms with Crippen molar-refractivity contribution < 1.29 is 4.79 Å². The predicted molar refractivity (Wildman–Crippen MR) is 110 cm³/mol. The van der Waals surface area contributed by atoms with Gasteiger partial charge in [0.1, 0.15) is 0 Å². The van der Waals surface area contributed by atoms with Gasteiger partial charge in [0.05, 0.1) is 11.4 Å². The fourth-order valence-corrected chi connectivity index (χ4v) is 4.38. The summed E-state index contributed by atoms with van der Waals surface area (Å²) >= 11 is 1.67. The molecule has 4 rings (SSSR count). The first-order valence-electron chi connectivity index (χ1n) is 9.28. The Kier molecular flexibility index (Phi) is 5.09. The Balaban J connectivity index is 1.36. The molecule has 1 amide bonds. The highest BCUT2D eigenvalue weighted by molar-refractivity contribution is 7.17. The fraction of sp³-hybridized carbons (Fsp3) is 0.333. The van der Waals surface area contributed by atoms with E-state index < -0.39 is 0 Å². The number of thiazole rings is 1. The third-order valence-corrected chi connectivity index (χ3v) is 5.88. The van der Waals surface area contributed by atoms with Crippen LogP contribution in [0.5, 0.6) is 0 Å². The van der Waals surface area contributed by atoms with E-state index in [9.17, 15) is 4.79 Å². The zero-order valence-electron chi connectivity index (χ0n) is 15.8. The van der Waals surface area contributed by atoms with Crippen LogP contribution in [0.1, 0.15) is 21.8 Å². The van der Waals surface area contributed by atoms with Crippen LogP contribution < -0.4 is 0 Å². The molecule has 1 aliphatic heterocycles. The van der Waals surface area contributed by atoms with E-state index in [1.807, 2.05) is 24.0 Å². The molecule has 0 N–H and O–H groups in total. The number of rotatable bonds is 4. The van der Waals surface area contributed by atoms with Gasteiger partial charge in [0.25, 0.3) is 0 Å². The van der Waals surface area contributed by atoms with Crippen molar-refractivity contribution in [2.24, 2.45) is 0 Å². The second kappa shape index (κ2) is 7.66. The average Bonchev–Trinajstić information content (AvgIpc) is 3.16. The summed E-state index contributed by atoms with van der Waals surface area (Å²) in [5.41, 5.74) is 3.27. The largest absolute Gasteiger partial charge is 0.337 e. The maximum absolute atomic E-state index is 12.6. The molecule has 0 aliphatic carbocycles. The van der Waals surface area contributed by atoms with Crippen molar-refractivity contribution in [2.75, 3.05) is 26.2 Å². The monoisotopic (exact) mass is 380 g/mol. The highest BCUT2D eigenvalue weighted by Gasteiger charge is 2.20. The highest BCUT2D eigenvalue weighted by Crippen LogP contribution is 2.21. The van der Waals surface area contributed by atoms with E-state index in [2.05, 4.69) is 51.7 Å². The summed E-state index contributed by atoms with van der Waals surface area (Å²) < 4.78 is 2.07. The molecular formula is C21H24N4OS. The maximum atomic E-state index is 12.6. The Morgan fingerprint density at radius 2 is 1.89 bits per heavy atom. The van der Waals surface area contributed by atoms with Gasteiger partial charge in [-0.3, -0.25) is 14.1 Å². The summed E-state index contributed by atoms with van der Waals surface area (Å²) in [6.07, 6.45) is 5.67. The quantitative estimate of drug-likeness (QED) is 0.652. The van der Waals surface area contributed by atoms with Gasteiger partial charge in [-0.1, -0.05) is 30.3 Å². The lowest BCUT2D eigenvalue weighted by molar-refractivity contribution is -0.127. The van der Waals surface area contributed by atoms with E-state index in [0.717, 1.165) is 49.1 Å². The number of aromatic nitrogens is 2. The van der Waals surface area contributed by atoms with Crippen LogP contribution in [0.15, 0.2) is 42.6 Å². The van der Waals surface area contributed by atoms with Crippen LogP contribution in [-0.4, -0.2) is 51.3 Å². The van der Waals surface area contributed by atoms with Gasteiger partial charge in [-0.15, -0.1) is 11.3 Å². The molecular weight excluding hydrogens is 356 g/mol. The average molecular weight is 381 g/mol. The Morgan fingerprint density at radius 3 is 2.63 bits per heavy atom. The number of benzene rings is 1. The third-order valence-electron chi connectivity index (χ3n) is 4.98. The SMILES string of the molecule is Cc1cn2c(/C=C/C(=O)N3CCN(Cc4ccccc4)CC3)c(C)nc2s1. The van der Waals surface area contributed by atoms with E-state index in [4.69, 9.17) is 0 Å². The molecule has 2 aromatic heterocycles. The van der Waals surface area contributed by atoms with E-state index >= 15 is 0 Å². The number of piperazine rings is 1. The molecule has 1 aliphatic rings. The van der Waals surface area contributed by atoms with E-state index in [1.54, 1.807) is 17.4 Å². The Bertz CT molecular complexity index is 965. The summed E-state index contributed by atoms with van der Waals surface area (Å²) in [5.74, 6) is 0.0793. The molecule has 5 nitrogen and oxygen atoms in total. The first-order chi connectivity index (χ1) is 13.1. The fourth-order valence-electron chi connectivity index (χ4n) is 3.51. The number of carbonyl (C=O) groups excluding carboxylic acids is 1. The van der Waals surface area contributed by atoms with E-state index in [0.29, 0.717) is 0 Å². The molecule has 3 aromatic rings. The van der Waals surface area contributed by atoms with Gasteiger partial charge >= 0.3 is 0 Å². The van der Waals surface area contributed by atoms with Crippen molar-refractivity contribution in [1.82, 2.24) is 19.2 Å².